The molecule has 1 heterocycles. The Labute approximate surface area is 97.6 Å². The van der Waals surface area contributed by atoms with Crippen molar-refractivity contribution in [1.29, 1.82) is 0 Å². The van der Waals surface area contributed by atoms with Crippen molar-refractivity contribution in [2.45, 2.75) is 13.0 Å². The molecule has 0 saturated heterocycles. The number of nitrogen functional groups attached to an aromatic ring is 1. The second-order valence-corrected chi connectivity index (χ2v) is 3.80. The van der Waals surface area contributed by atoms with E-state index < -0.39 is 0 Å². The molecule has 84 valence electrons. The molecule has 0 spiro atoms. The van der Waals surface area contributed by atoms with Crippen molar-refractivity contribution in [2.24, 2.45) is 0 Å². The fourth-order valence-electron chi connectivity index (χ4n) is 1.31. The molecule has 1 atom stereocenters. The molecule has 0 amide bonds. The molecule has 0 bridgehead atoms. The van der Waals surface area contributed by atoms with E-state index in [0.717, 1.165) is 5.56 Å². The highest BCUT2D eigenvalue weighted by atomic mass is 35.5. The molecule has 0 fully saturated rings. The first-order chi connectivity index (χ1) is 7.65. The van der Waals surface area contributed by atoms with Crippen LogP contribution in [-0.2, 0) is 0 Å². The summed E-state index contributed by atoms with van der Waals surface area (Å²) < 4.78 is 5.02. The first-order valence-corrected chi connectivity index (χ1v) is 5.14. The fraction of sp³-hybridized carbons (Fsp3) is 0.200. The average molecular weight is 239 g/mol. The van der Waals surface area contributed by atoms with Gasteiger partial charge in [-0.05, 0) is 24.6 Å². The van der Waals surface area contributed by atoms with Crippen molar-refractivity contribution in [1.82, 2.24) is 10.2 Å². The third kappa shape index (κ3) is 2.43. The zero-order chi connectivity index (χ0) is 11.5. The summed E-state index contributed by atoms with van der Waals surface area (Å²) >= 11 is 5.80. The van der Waals surface area contributed by atoms with Crippen molar-refractivity contribution < 1.29 is 4.42 Å². The highest BCUT2D eigenvalue weighted by Crippen LogP contribution is 2.20. The normalized spacial score (nSPS) is 12.4. The van der Waals surface area contributed by atoms with E-state index in [0.29, 0.717) is 11.0 Å². The van der Waals surface area contributed by atoms with Gasteiger partial charge in [-0.15, -0.1) is 0 Å². The Balaban J connectivity index is 2.08. The topological polar surface area (TPSA) is 77.0 Å². The largest absolute Gasteiger partial charge is 0.390 e. The molecular weight excluding hydrogens is 228 g/mol. The molecule has 5 nitrogen and oxygen atoms in total. The number of halogens is 1. The van der Waals surface area contributed by atoms with E-state index in [9.17, 15) is 0 Å². The van der Waals surface area contributed by atoms with Crippen LogP contribution in [0.25, 0.3) is 0 Å². The van der Waals surface area contributed by atoms with Gasteiger partial charge in [-0.2, -0.15) is 0 Å². The molecule has 6 heteroatoms. The summed E-state index contributed by atoms with van der Waals surface area (Å²) in [5, 5.41) is 11.0. The third-order valence-corrected chi connectivity index (χ3v) is 2.40. The van der Waals surface area contributed by atoms with E-state index >= 15 is 0 Å². The molecule has 0 saturated carbocycles. The maximum atomic E-state index is 5.80. The zero-order valence-electron chi connectivity index (χ0n) is 8.64. The Morgan fingerprint density at radius 2 is 2.00 bits per heavy atom. The van der Waals surface area contributed by atoms with Gasteiger partial charge in [0.15, 0.2) is 0 Å². The lowest BCUT2D eigenvalue weighted by Crippen LogP contribution is -2.06. The molecule has 0 aliphatic rings. The SMILES string of the molecule is CC(Nc1nnc(N)o1)c1ccc(Cl)cc1. The second kappa shape index (κ2) is 4.40. The van der Waals surface area contributed by atoms with Gasteiger partial charge in [0, 0.05) is 5.02 Å². The van der Waals surface area contributed by atoms with Crippen LogP contribution < -0.4 is 11.1 Å². The van der Waals surface area contributed by atoms with E-state index in [1.165, 1.54) is 0 Å². The number of nitrogens with one attached hydrogen (secondary N) is 1. The molecule has 1 aromatic heterocycles. The van der Waals surface area contributed by atoms with Crippen LogP contribution in [-0.4, -0.2) is 10.2 Å². The van der Waals surface area contributed by atoms with Gasteiger partial charge in [0.25, 0.3) is 0 Å². The van der Waals surface area contributed by atoms with Crippen molar-refractivity contribution in [3.63, 3.8) is 0 Å². The van der Waals surface area contributed by atoms with E-state index in [4.69, 9.17) is 21.8 Å². The number of aromatic nitrogens is 2. The van der Waals surface area contributed by atoms with Gasteiger partial charge < -0.3 is 15.5 Å². The minimum Gasteiger partial charge on any atom is -0.390 e. The first kappa shape index (κ1) is 10.8. The zero-order valence-corrected chi connectivity index (χ0v) is 9.40. The fourth-order valence-corrected chi connectivity index (χ4v) is 1.44. The maximum absolute atomic E-state index is 5.80. The lowest BCUT2D eigenvalue weighted by molar-refractivity contribution is 0.578. The van der Waals surface area contributed by atoms with Crippen molar-refractivity contribution in [2.75, 3.05) is 11.1 Å². The molecule has 0 aliphatic carbocycles. The van der Waals surface area contributed by atoms with E-state index in [1.54, 1.807) is 0 Å². The van der Waals surface area contributed by atoms with Gasteiger partial charge in [-0.25, -0.2) is 0 Å². The Morgan fingerprint density at radius 1 is 1.31 bits per heavy atom. The molecule has 0 radical (unpaired) electrons. The summed E-state index contributed by atoms with van der Waals surface area (Å²) in [4.78, 5) is 0. The Kier molecular flexibility index (Phi) is 2.96. The highest BCUT2D eigenvalue weighted by molar-refractivity contribution is 6.30. The lowest BCUT2D eigenvalue weighted by atomic mass is 10.1. The van der Waals surface area contributed by atoms with Gasteiger partial charge in [0.05, 0.1) is 6.04 Å². The van der Waals surface area contributed by atoms with E-state index in [-0.39, 0.29) is 12.1 Å². The molecule has 2 aromatic rings. The van der Waals surface area contributed by atoms with Crippen LogP contribution in [0, 0.1) is 0 Å². The Bertz CT molecular complexity index is 468. The summed E-state index contributed by atoms with van der Waals surface area (Å²) in [5.41, 5.74) is 6.39. The Hall–Kier alpha value is -1.75. The number of nitrogens with zero attached hydrogens (tertiary/aromatic N) is 2. The minimum absolute atomic E-state index is 0.0390. The lowest BCUT2D eigenvalue weighted by Gasteiger charge is -2.11. The van der Waals surface area contributed by atoms with Gasteiger partial charge >= 0.3 is 12.0 Å². The number of hydrogen-bond acceptors (Lipinski definition) is 5. The van der Waals surface area contributed by atoms with Crippen LogP contribution in [0.15, 0.2) is 28.7 Å². The monoisotopic (exact) mass is 238 g/mol. The van der Waals surface area contributed by atoms with Crippen LogP contribution >= 0.6 is 11.6 Å². The van der Waals surface area contributed by atoms with Crippen molar-refractivity contribution >= 4 is 23.6 Å². The molecule has 0 aliphatic heterocycles. The molecular formula is C10H11ClN4O. The van der Waals surface area contributed by atoms with Crippen LogP contribution in [0.4, 0.5) is 12.0 Å². The first-order valence-electron chi connectivity index (χ1n) is 4.76. The third-order valence-electron chi connectivity index (χ3n) is 2.15. The highest BCUT2D eigenvalue weighted by Gasteiger charge is 2.09. The summed E-state index contributed by atoms with van der Waals surface area (Å²) in [5.74, 6) is 0. The van der Waals surface area contributed by atoms with Crippen LogP contribution in [0.5, 0.6) is 0 Å². The maximum Gasteiger partial charge on any atom is 0.317 e. The summed E-state index contributed by atoms with van der Waals surface area (Å²) in [7, 11) is 0. The number of hydrogen-bond donors (Lipinski definition) is 2. The number of rotatable bonds is 3. The Morgan fingerprint density at radius 3 is 2.56 bits per heavy atom. The van der Waals surface area contributed by atoms with E-state index in [1.807, 2.05) is 31.2 Å². The van der Waals surface area contributed by atoms with Gasteiger partial charge in [-0.1, -0.05) is 33.9 Å². The van der Waals surface area contributed by atoms with Crippen LogP contribution in [0.1, 0.15) is 18.5 Å². The van der Waals surface area contributed by atoms with E-state index in [2.05, 4.69) is 15.5 Å². The summed E-state index contributed by atoms with van der Waals surface area (Å²) in [6.07, 6.45) is 0. The van der Waals surface area contributed by atoms with Gasteiger partial charge in [0.1, 0.15) is 0 Å². The van der Waals surface area contributed by atoms with Crippen molar-refractivity contribution in [3.8, 4) is 0 Å². The van der Waals surface area contributed by atoms with Crippen LogP contribution in [0.3, 0.4) is 0 Å². The van der Waals surface area contributed by atoms with Gasteiger partial charge in [0.2, 0.25) is 0 Å². The molecule has 1 unspecified atom stereocenters. The van der Waals surface area contributed by atoms with Gasteiger partial charge in [-0.3, -0.25) is 0 Å². The smallest absolute Gasteiger partial charge is 0.317 e. The quantitative estimate of drug-likeness (QED) is 0.859. The standard InChI is InChI=1S/C10H11ClN4O/c1-6(7-2-4-8(11)5-3-7)13-10-15-14-9(12)16-10/h2-6H,1H3,(H2,12,14)(H,13,15). The average Bonchev–Trinajstić information content (AvgIpc) is 2.65. The van der Waals surface area contributed by atoms with Crippen molar-refractivity contribution in [3.05, 3.63) is 34.9 Å². The number of benzene rings is 1. The number of nitrogens with two attached hydrogens (primary N) is 1. The minimum atomic E-state index is 0.0390. The summed E-state index contributed by atoms with van der Waals surface area (Å²) in [6.45, 7) is 1.98. The molecule has 2 rings (SSSR count). The summed E-state index contributed by atoms with van der Waals surface area (Å²) in [6, 6.07) is 7.91. The second-order valence-electron chi connectivity index (χ2n) is 3.36. The molecule has 16 heavy (non-hydrogen) atoms. The molecule has 1 aromatic carbocycles. The predicted molar refractivity (Wildman–Crippen MR) is 62.2 cm³/mol. The van der Waals surface area contributed by atoms with Crippen LogP contribution in [0.2, 0.25) is 5.02 Å². The molecule has 3 N–H and O–H groups in total. The predicted octanol–water partition coefficient (Wildman–Crippen LogP) is 2.48. The number of anilines is 2.